The molecule has 0 aliphatic heterocycles. The molecule has 2 aliphatic carbocycles. The van der Waals surface area contributed by atoms with Gasteiger partial charge in [0.2, 0.25) is 0 Å². The lowest BCUT2D eigenvalue weighted by Gasteiger charge is -2.46. The Balaban J connectivity index is 1.85. The molecule has 2 saturated carbocycles. The van der Waals surface area contributed by atoms with Crippen LogP contribution in [0, 0.1) is 11.3 Å². The maximum atomic E-state index is 11.3. The predicted molar refractivity (Wildman–Crippen MR) is 50.3 cm³/mol. The van der Waals surface area contributed by atoms with E-state index >= 15 is 0 Å². The summed E-state index contributed by atoms with van der Waals surface area (Å²) in [6.07, 6.45) is 8.85. The van der Waals surface area contributed by atoms with Gasteiger partial charge in [-0.1, -0.05) is 6.42 Å². The summed E-state index contributed by atoms with van der Waals surface area (Å²) in [5.41, 5.74) is 0.657. The molecular weight excluding hydrogens is 164 g/mol. The second kappa shape index (κ2) is 3.32. The van der Waals surface area contributed by atoms with Crippen LogP contribution < -0.4 is 0 Å². The summed E-state index contributed by atoms with van der Waals surface area (Å²) in [5, 5.41) is 0. The van der Waals surface area contributed by atoms with Crippen LogP contribution in [-0.4, -0.2) is 13.1 Å². The number of esters is 1. The molecule has 2 heteroatoms. The van der Waals surface area contributed by atoms with Crippen LogP contribution in [0.25, 0.3) is 0 Å². The monoisotopic (exact) mass is 182 g/mol. The number of hydrogen-bond donors (Lipinski definition) is 0. The molecule has 2 rings (SSSR count). The fourth-order valence-electron chi connectivity index (χ4n) is 2.81. The van der Waals surface area contributed by atoms with Crippen molar-refractivity contribution in [1.29, 1.82) is 0 Å². The van der Waals surface area contributed by atoms with Crippen LogP contribution in [0.2, 0.25) is 0 Å². The van der Waals surface area contributed by atoms with Crippen molar-refractivity contribution in [2.45, 2.75) is 44.9 Å². The third-order valence-corrected chi connectivity index (χ3v) is 3.99. The minimum atomic E-state index is 0.00849. The number of carbonyl (C=O) groups is 1. The fraction of sp³-hybridized carbons (Fsp3) is 0.909. The molecule has 13 heavy (non-hydrogen) atoms. The molecule has 0 atom stereocenters. The SMILES string of the molecule is COC(=O)C1CCC2(CCC2)CC1. The van der Waals surface area contributed by atoms with Crippen LogP contribution in [-0.2, 0) is 9.53 Å². The number of carbonyl (C=O) groups excluding carboxylic acids is 1. The Hall–Kier alpha value is -0.530. The Bertz CT molecular complexity index is 196. The second-order valence-corrected chi connectivity index (χ2v) is 4.65. The van der Waals surface area contributed by atoms with E-state index in [1.807, 2.05) is 0 Å². The van der Waals surface area contributed by atoms with Gasteiger partial charge in [-0.2, -0.15) is 0 Å². The molecule has 2 nitrogen and oxygen atoms in total. The molecule has 0 heterocycles. The first kappa shape index (κ1) is 9.04. The van der Waals surface area contributed by atoms with E-state index < -0.39 is 0 Å². The highest BCUT2D eigenvalue weighted by Gasteiger charge is 2.41. The van der Waals surface area contributed by atoms with E-state index in [-0.39, 0.29) is 11.9 Å². The average Bonchev–Trinajstić information content (AvgIpc) is 2.14. The van der Waals surface area contributed by atoms with E-state index in [2.05, 4.69) is 0 Å². The quantitative estimate of drug-likeness (QED) is 0.582. The van der Waals surface area contributed by atoms with E-state index in [4.69, 9.17) is 4.74 Å². The van der Waals surface area contributed by atoms with E-state index in [0.29, 0.717) is 5.41 Å². The molecule has 0 aromatic carbocycles. The molecule has 1 spiro atoms. The van der Waals surface area contributed by atoms with Crippen LogP contribution in [0.5, 0.6) is 0 Å². The number of methoxy groups -OCH3 is 1. The zero-order valence-corrected chi connectivity index (χ0v) is 8.34. The van der Waals surface area contributed by atoms with Crippen molar-refractivity contribution in [1.82, 2.24) is 0 Å². The summed E-state index contributed by atoms with van der Waals surface area (Å²) in [6, 6.07) is 0. The standard InChI is InChI=1S/C11H18O2/c1-13-10(12)9-3-7-11(8-4-9)5-2-6-11/h9H,2-8H2,1H3. The summed E-state index contributed by atoms with van der Waals surface area (Å²) in [6.45, 7) is 0. The molecule has 2 fully saturated rings. The minimum absolute atomic E-state index is 0.00849. The first-order valence-corrected chi connectivity index (χ1v) is 5.34. The van der Waals surface area contributed by atoms with Crippen LogP contribution in [0.4, 0.5) is 0 Å². The van der Waals surface area contributed by atoms with Crippen molar-refractivity contribution in [3.63, 3.8) is 0 Å². The Kier molecular flexibility index (Phi) is 2.31. The van der Waals surface area contributed by atoms with Gasteiger partial charge in [-0.05, 0) is 43.9 Å². The van der Waals surface area contributed by atoms with Gasteiger partial charge < -0.3 is 4.74 Å². The molecule has 0 N–H and O–H groups in total. The molecule has 0 bridgehead atoms. The molecule has 2 aliphatic rings. The minimum Gasteiger partial charge on any atom is -0.469 e. The first-order valence-electron chi connectivity index (χ1n) is 5.34. The van der Waals surface area contributed by atoms with Crippen molar-refractivity contribution in [3.05, 3.63) is 0 Å². The first-order chi connectivity index (χ1) is 6.26. The van der Waals surface area contributed by atoms with Crippen LogP contribution >= 0.6 is 0 Å². The van der Waals surface area contributed by atoms with E-state index in [0.717, 1.165) is 12.8 Å². The van der Waals surface area contributed by atoms with Crippen molar-refractivity contribution < 1.29 is 9.53 Å². The predicted octanol–water partition coefficient (Wildman–Crippen LogP) is 2.52. The molecule has 74 valence electrons. The van der Waals surface area contributed by atoms with Crippen LogP contribution in [0.15, 0.2) is 0 Å². The zero-order chi connectivity index (χ0) is 9.31. The Morgan fingerprint density at radius 2 is 1.85 bits per heavy atom. The molecule has 0 amide bonds. The third-order valence-electron chi connectivity index (χ3n) is 3.99. The Morgan fingerprint density at radius 3 is 2.23 bits per heavy atom. The zero-order valence-electron chi connectivity index (χ0n) is 8.34. The van der Waals surface area contributed by atoms with Crippen molar-refractivity contribution in [2.75, 3.05) is 7.11 Å². The largest absolute Gasteiger partial charge is 0.469 e. The van der Waals surface area contributed by atoms with Gasteiger partial charge in [0, 0.05) is 0 Å². The van der Waals surface area contributed by atoms with Gasteiger partial charge in [-0.25, -0.2) is 0 Å². The highest BCUT2D eigenvalue weighted by Crippen LogP contribution is 2.52. The number of hydrogen-bond acceptors (Lipinski definition) is 2. The topological polar surface area (TPSA) is 26.3 Å². The van der Waals surface area contributed by atoms with Crippen molar-refractivity contribution in [2.24, 2.45) is 11.3 Å². The van der Waals surface area contributed by atoms with Crippen molar-refractivity contribution >= 4 is 5.97 Å². The van der Waals surface area contributed by atoms with Crippen LogP contribution in [0.3, 0.4) is 0 Å². The molecule has 0 aromatic heterocycles. The number of ether oxygens (including phenoxy) is 1. The molecular formula is C11H18O2. The molecule has 0 unspecified atom stereocenters. The summed E-state index contributed by atoms with van der Waals surface area (Å²) in [5.74, 6) is 0.213. The van der Waals surface area contributed by atoms with E-state index in [1.54, 1.807) is 0 Å². The maximum Gasteiger partial charge on any atom is 0.308 e. The normalized spacial score (nSPS) is 26.8. The van der Waals surface area contributed by atoms with Crippen molar-refractivity contribution in [3.8, 4) is 0 Å². The lowest BCUT2D eigenvalue weighted by atomic mass is 9.59. The molecule has 0 saturated heterocycles. The maximum absolute atomic E-state index is 11.3. The highest BCUT2D eigenvalue weighted by molar-refractivity contribution is 5.72. The summed E-state index contributed by atoms with van der Waals surface area (Å²) in [7, 11) is 1.50. The second-order valence-electron chi connectivity index (χ2n) is 4.65. The lowest BCUT2D eigenvalue weighted by Crippen LogP contribution is -2.35. The van der Waals surface area contributed by atoms with Gasteiger partial charge in [-0.15, -0.1) is 0 Å². The van der Waals surface area contributed by atoms with Crippen LogP contribution in [0.1, 0.15) is 44.9 Å². The van der Waals surface area contributed by atoms with Gasteiger partial charge >= 0.3 is 5.97 Å². The molecule has 0 radical (unpaired) electrons. The Labute approximate surface area is 79.7 Å². The van der Waals surface area contributed by atoms with Gasteiger partial charge in [0.25, 0.3) is 0 Å². The smallest absolute Gasteiger partial charge is 0.308 e. The summed E-state index contributed by atoms with van der Waals surface area (Å²) in [4.78, 5) is 11.3. The fourth-order valence-corrected chi connectivity index (χ4v) is 2.81. The third kappa shape index (κ3) is 1.59. The van der Waals surface area contributed by atoms with E-state index in [1.165, 1.54) is 39.2 Å². The average molecular weight is 182 g/mol. The van der Waals surface area contributed by atoms with Gasteiger partial charge in [0.05, 0.1) is 13.0 Å². The van der Waals surface area contributed by atoms with E-state index in [9.17, 15) is 4.79 Å². The van der Waals surface area contributed by atoms with Gasteiger partial charge in [-0.3, -0.25) is 4.79 Å². The number of rotatable bonds is 1. The highest BCUT2D eigenvalue weighted by atomic mass is 16.5. The lowest BCUT2D eigenvalue weighted by molar-refractivity contribution is -0.148. The summed E-state index contributed by atoms with van der Waals surface area (Å²) >= 11 is 0. The summed E-state index contributed by atoms with van der Waals surface area (Å²) < 4.78 is 4.77. The van der Waals surface area contributed by atoms with Gasteiger partial charge in [0.1, 0.15) is 0 Å². The van der Waals surface area contributed by atoms with Gasteiger partial charge in [0.15, 0.2) is 0 Å². The molecule has 0 aromatic rings. The Morgan fingerprint density at radius 1 is 1.23 bits per heavy atom.